The van der Waals surface area contributed by atoms with E-state index in [4.69, 9.17) is 9.47 Å². The lowest BCUT2D eigenvalue weighted by Gasteiger charge is -2.21. The summed E-state index contributed by atoms with van der Waals surface area (Å²) in [6, 6.07) is 0.545. The SMILES string of the molecule is CCC(COC)n1cc(C)nc1NC(C)COC. The van der Waals surface area contributed by atoms with Crippen LogP contribution in [0.3, 0.4) is 0 Å². The third-order valence-electron chi connectivity index (χ3n) is 2.87. The molecule has 0 spiro atoms. The third-order valence-corrected chi connectivity index (χ3v) is 2.87. The van der Waals surface area contributed by atoms with Crippen LogP contribution in [0.5, 0.6) is 0 Å². The Hall–Kier alpha value is -1.07. The lowest BCUT2D eigenvalue weighted by molar-refractivity contribution is 0.153. The molecule has 1 aromatic heterocycles. The quantitative estimate of drug-likeness (QED) is 0.774. The molecular formula is C13H25N3O2. The molecule has 2 unspecified atom stereocenters. The van der Waals surface area contributed by atoms with Crippen LogP contribution >= 0.6 is 0 Å². The van der Waals surface area contributed by atoms with Crippen LogP contribution in [0, 0.1) is 6.92 Å². The summed E-state index contributed by atoms with van der Waals surface area (Å²) in [7, 11) is 3.43. The van der Waals surface area contributed by atoms with Gasteiger partial charge in [-0.25, -0.2) is 4.98 Å². The Bertz CT molecular complexity index is 352. The van der Waals surface area contributed by atoms with Gasteiger partial charge in [0.25, 0.3) is 0 Å². The molecular weight excluding hydrogens is 230 g/mol. The number of hydrogen-bond acceptors (Lipinski definition) is 4. The summed E-state index contributed by atoms with van der Waals surface area (Å²) in [6.07, 6.45) is 3.08. The van der Waals surface area contributed by atoms with Gasteiger partial charge in [-0.2, -0.15) is 0 Å². The maximum atomic E-state index is 5.26. The van der Waals surface area contributed by atoms with Gasteiger partial charge in [0, 0.05) is 26.5 Å². The molecule has 0 aliphatic carbocycles. The zero-order chi connectivity index (χ0) is 13.5. The molecule has 0 aliphatic rings. The minimum Gasteiger partial charge on any atom is -0.383 e. The van der Waals surface area contributed by atoms with Gasteiger partial charge in [-0.3, -0.25) is 0 Å². The largest absolute Gasteiger partial charge is 0.383 e. The second kappa shape index (κ2) is 7.38. The van der Waals surface area contributed by atoms with Crippen molar-refractivity contribution in [3.63, 3.8) is 0 Å². The van der Waals surface area contributed by atoms with Crippen LogP contribution < -0.4 is 5.32 Å². The van der Waals surface area contributed by atoms with Crippen molar-refractivity contribution in [1.29, 1.82) is 0 Å². The minimum absolute atomic E-state index is 0.232. The first-order valence-corrected chi connectivity index (χ1v) is 6.42. The van der Waals surface area contributed by atoms with E-state index in [0.717, 1.165) is 18.1 Å². The summed E-state index contributed by atoms with van der Waals surface area (Å²) < 4.78 is 12.6. The van der Waals surface area contributed by atoms with Crippen LogP contribution in [0.1, 0.15) is 32.0 Å². The normalized spacial score (nSPS) is 14.5. The van der Waals surface area contributed by atoms with Gasteiger partial charge in [-0.1, -0.05) is 6.92 Å². The number of methoxy groups -OCH3 is 2. The van der Waals surface area contributed by atoms with E-state index < -0.39 is 0 Å². The van der Waals surface area contributed by atoms with E-state index in [2.05, 4.69) is 34.9 Å². The zero-order valence-electron chi connectivity index (χ0n) is 12.1. The van der Waals surface area contributed by atoms with E-state index in [1.165, 1.54) is 0 Å². The van der Waals surface area contributed by atoms with Gasteiger partial charge in [-0.15, -0.1) is 0 Å². The van der Waals surface area contributed by atoms with Gasteiger partial charge in [0.05, 0.1) is 24.9 Å². The number of nitrogens with one attached hydrogen (secondary N) is 1. The highest BCUT2D eigenvalue weighted by molar-refractivity contribution is 5.31. The number of ether oxygens (including phenoxy) is 2. The summed E-state index contributed by atoms with van der Waals surface area (Å²) >= 11 is 0. The number of imidazole rings is 1. The standard InChI is InChI=1S/C13H25N3O2/c1-6-12(9-18-5)16-7-10(2)14-13(16)15-11(3)8-17-4/h7,11-12H,6,8-9H2,1-5H3,(H,14,15). The van der Waals surface area contributed by atoms with E-state index in [1.807, 2.05) is 6.92 Å². The fraction of sp³-hybridized carbons (Fsp3) is 0.769. The van der Waals surface area contributed by atoms with Crippen LogP contribution in [0.15, 0.2) is 6.20 Å². The van der Waals surface area contributed by atoms with E-state index >= 15 is 0 Å². The monoisotopic (exact) mass is 255 g/mol. The van der Waals surface area contributed by atoms with Gasteiger partial charge in [0.1, 0.15) is 0 Å². The number of nitrogens with zero attached hydrogens (tertiary/aromatic N) is 2. The lowest BCUT2D eigenvalue weighted by Crippen LogP contribution is -2.25. The Labute approximate surface area is 109 Å². The molecule has 1 aromatic rings. The smallest absolute Gasteiger partial charge is 0.203 e. The molecule has 104 valence electrons. The summed E-state index contributed by atoms with van der Waals surface area (Å²) in [5.74, 6) is 0.890. The molecule has 0 saturated heterocycles. The Balaban J connectivity index is 2.83. The highest BCUT2D eigenvalue weighted by Gasteiger charge is 2.15. The lowest BCUT2D eigenvalue weighted by atomic mass is 10.2. The van der Waals surface area contributed by atoms with E-state index in [0.29, 0.717) is 19.3 Å². The van der Waals surface area contributed by atoms with Gasteiger partial charge >= 0.3 is 0 Å². The number of anilines is 1. The van der Waals surface area contributed by atoms with E-state index in [9.17, 15) is 0 Å². The molecule has 1 heterocycles. The fourth-order valence-electron chi connectivity index (χ4n) is 2.00. The summed E-state index contributed by atoms with van der Waals surface area (Å²) in [6.45, 7) is 7.59. The second-order valence-corrected chi connectivity index (χ2v) is 4.63. The maximum absolute atomic E-state index is 5.26. The highest BCUT2D eigenvalue weighted by atomic mass is 16.5. The van der Waals surface area contributed by atoms with Crippen molar-refractivity contribution < 1.29 is 9.47 Å². The molecule has 0 bridgehead atoms. The maximum Gasteiger partial charge on any atom is 0.203 e. The first-order chi connectivity index (χ1) is 8.62. The Morgan fingerprint density at radius 2 is 2.00 bits per heavy atom. The van der Waals surface area contributed by atoms with Crippen LogP contribution in [-0.2, 0) is 9.47 Å². The number of aryl methyl sites for hydroxylation is 1. The van der Waals surface area contributed by atoms with Crippen molar-refractivity contribution in [2.75, 3.05) is 32.8 Å². The summed E-state index contributed by atoms with van der Waals surface area (Å²) in [5.41, 5.74) is 1.01. The Morgan fingerprint density at radius 1 is 1.33 bits per heavy atom. The molecule has 0 fully saturated rings. The van der Waals surface area contributed by atoms with Gasteiger partial charge < -0.3 is 19.4 Å². The molecule has 1 rings (SSSR count). The molecule has 1 N–H and O–H groups in total. The van der Waals surface area contributed by atoms with Crippen LogP contribution in [0.2, 0.25) is 0 Å². The molecule has 0 aliphatic heterocycles. The van der Waals surface area contributed by atoms with Crippen molar-refractivity contribution in [2.45, 2.75) is 39.3 Å². The van der Waals surface area contributed by atoms with Crippen LogP contribution in [-0.4, -0.2) is 43.0 Å². The molecule has 0 amide bonds. The molecule has 18 heavy (non-hydrogen) atoms. The first-order valence-electron chi connectivity index (χ1n) is 6.42. The van der Waals surface area contributed by atoms with Crippen LogP contribution in [0.4, 0.5) is 5.95 Å². The summed E-state index contributed by atoms with van der Waals surface area (Å²) in [4.78, 5) is 4.52. The first kappa shape index (κ1) is 15.0. The minimum atomic E-state index is 0.232. The topological polar surface area (TPSA) is 48.3 Å². The average molecular weight is 255 g/mol. The molecule has 0 aromatic carbocycles. The number of hydrogen-bond donors (Lipinski definition) is 1. The number of aromatic nitrogens is 2. The predicted octanol–water partition coefficient (Wildman–Crippen LogP) is 2.24. The number of rotatable bonds is 8. The Morgan fingerprint density at radius 3 is 2.56 bits per heavy atom. The van der Waals surface area contributed by atoms with Crippen LogP contribution in [0.25, 0.3) is 0 Å². The van der Waals surface area contributed by atoms with Crippen molar-refractivity contribution >= 4 is 5.95 Å². The molecule has 5 heteroatoms. The molecule has 2 atom stereocenters. The van der Waals surface area contributed by atoms with E-state index in [-0.39, 0.29) is 6.04 Å². The Kier molecular flexibility index (Phi) is 6.15. The second-order valence-electron chi connectivity index (χ2n) is 4.63. The molecule has 5 nitrogen and oxygen atoms in total. The van der Waals surface area contributed by atoms with Crippen molar-refractivity contribution in [3.05, 3.63) is 11.9 Å². The third kappa shape index (κ3) is 3.99. The average Bonchev–Trinajstić information content (AvgIpc) is 2.67. The zero-order valence-corrected chi connectivity index (χ0v) is 12.1. The fourth-order valence-corrected chi connectivity index (χ4v) is 2.00. The molecule has 0 radical (unpaired) electrons. The highest BCUT2D eigenvalue weighted by Crippen LogP contribution is 2.20. The van der Waals surface area contributed by atoms with E-state index in [1.54, 1.807) is 14.2 Å². The van der Waals surface area contributed by atoms with Crippen molar-refractivity contribution in [1.82, 2.24) is 9.55 Å². The van der Waals surface area contributed by atoms with Crippen molar-refractivity contribution in [3.8, 4) is 0 Å². The molecule has 0 saturated carbocycles. The van der Waals surface area contributed by atoms with Gasteiger partial charge in [0.15, 0.2) is 0 Å². The van der Waals surface area contributed by atoms with Gasteiger partial charge in [0.2, 0.25) is 5.95 Å². The van der Waals surface area contributed by atoms with Gasteiger partial charge in [-0.05, 0) is 20.3 Å². The summed E-state index contributed by atoms with van der Waals surface area (Å²) in [5, 5.41) is 3.38. The van der Waals surface area contributed by atoms with Crippen molar-refractivity contribution in [2.24, 2.45) is 0 Å². The predicted molar refractivity (Wildman–Crippen MR) is 73.1 cm³/mol.